The minimum Gasteiger partial charge on any atom is -0.290 e. The summed E-state index contributed by atoms with van der Waals surface area (Å²) in [6.07, 6.45) is 0. The first-order valence-corrected chi connectivity index (χ1v) is 8.29. The first-order valence-electron chi connectivity index (χ1n) is 5.70. The molecule has 1 heterocycles. The van der Waals surface area contributed by atoms with E-state index in [0.29, 0.717) is 10.4 Å². The fourth-order valence-electron chi connectivity index (χ4n) is 1.79. The number of thiophene rings is 1. The lowest BCUT2D eigenvalue weighted by atomic mass is 10.2. The Labute approximate surface area is 117 Å². The second-order valence-corrected chi connectivity index (χ2v) is 7.30. The molecule has 19 heavy (non-hydrogen) atoms. The van der Waals surface area contributed by atoms with Crippen LogP contribution in [0.2, 0.25) is 0 Å². The first kappa shape index (κ1) is 13.8. The van der Waals surface area contributed by atoms with Gasteiger partial charge in [0.1, 0.15) is 4.88 Å². The molecule has 0 bridgehead atoms. The number of nitrogens with zero attached hydrogens (tertiary/aromatic N) is 1. The Hall–Kier alpha value is -1.64. The van der Waals surface area contributed by atoms with Gasteiger partial charge < -0.3 is 0 Å². The molecule has 1 aromatic carbocycles. The SMILES string of the molecule is [C-]#[N+]C(c1cc(C)cs1)S(=O)(=O)Cc1ccccc1. The number of sulfone groups is 1. The van der Waals surface area contributed by atoms with E-state index >= 15 is 0 Å². The molecule has 1 aromatic heterocycles. The molecular weight excluding hydrogens is 278 g/mol. The van der Waals surface area contributed by atoms with E-state index in [0.717, 1.165) is 5.56 Å². The Bertz CT molecular complexity index is 697. The average Bonchev–Trinajstić information content (AvgIpc) is 2.76. The van der Waals surface area contributed by atoms with Gasteiger partial charge in [0.05, 0.1) is 5.75 Å². The van der Waals surface area contributed by atoms with Gasteiger partial charge in [0.15, 0.2) is 0 Å². The highest BCUT2D eigenvalue weighted by Gasteiger charge is 2.33. The molecule has 0 aliphatic heterocycles. The molecule has 0 saturated carbocycles. The van der Waals surface area contributed by atoms with Crippen LogP contribution in [0.15, 0.2) is 41.8 Å². The van der Waals surface area contributed by atoms with Gasteiger partial charge in [0.2, 0.25) is 9.84 Å². The van der Waals surface area contributed by atoms with Crippen LogP contribution in [0.4, 0.5) is 0 Å². The summed E-state index contributed by atoms with van der Waals surface area (Å²) >= 11 is 1.33. The van der Waals surface area contributed by atoms with Gasteiger partial charge in [-0.3, -0.25) is 4.85 Å². The van der Waals surface area contributed by atoms with Crippen molar-refractivity contribution in [2.45, 2.75) is 18.1 Å². The topological polar surface area (TPSA) is 38.5 Å². The molecular formula is C14H13NO2S2. The molecule has 2 aromatic rings. The summed E-state index contributed by atoms with van der Waals surface area (Å²) in [7, 11) is -3.51. The molecule has 1 unspecified atom stereocenters. The van der Waals surface area contributed by atoms with Crippen molar-refractivity contribution in [2.24, 2.45) is 0 Å². The lowest BCUT2D eigenvalue weighted by Crippen LogP contribution is -2.11. The van der Waals surface area contributed by atoms with E-state index in [2.05, 4.69) is 4.85 Å². The van der Waals surface area contributed by atoms with Crippen molar-refractivity contribution in [2.75, 3.05) is 0 Å². The lowest BCUT2D eigenvalue weighted by molar-refractivity contribution is 0.590. The minimum atomic E-state index is -3.51. The van der Waals surface area contributed by atoms with Crippen molar-refractivity contribution in [3.8, 4) is 0 Å². The van der Waals surface area contributed by atoms with Gasteiger partial charge in [-0.15, -0.1) is 11.3 Å². The largest absolute Gasteiger partial charge is 0.355 e. The number of rotatable bonds is 4. The summed E-state index contributed by atoms with van der Waals surface area (Å²) in [6.45, 7) is 9.07. The van der Waals surface area contributed by atoms with Gasteiger partial charge in [-0.05, 0) is 29.5 Å². The van der Waals surface area contributed by atoms with Crippen molar-refractivity contribution < 1.29 is 8.42 Å². The Kier molecular flexibility index (Phi) is 4.03. The van der Waals surface area contributed by atoms with E-state index in [1.807, 2.05) is 18.4 Å². The maximum atomic E-state index is 12.3. The number of benzene rings is 1. The van der Waals surface area contributed by atoms with Gasteiger partial charge >= 0.3 is 5.37 Å². The van der Waals surface area contributed by atoms with E-state index in [1.54, 1.807) is 30.3 Å². The number of hydrogen-bond acceptors (Lipinski definition) is 3. The predicted octanol–water partition coefficient (Wildman–Crippen LogP) is 3.59. The molecule has 0 saturated heterocycles. The van der Waals surface area contributed by atoms with Crippen molar-refractivity contribution in [1.82, 2.24) is 0 Å². The normalized spacial score (nSPS) is 12.8. The molecule has 1 atom stereocenters. The highest BCUT2D eigenvalue weighted by Crippen LogP contribution is 2.31. The third-order valence-electron chi connectivity index (χ3n) is 2.66. The van der Waals surface area contributed by atoms with Crippen LogP contribution in [0.1, 0.15) is 21.4 Å². The summed E-state index contributed by atoms with van der Waals surface area (Å²) in [6, 6.07) is 10.7. The van der Waals surface area contributed by atoms with Crippen LogP contribution < -0.4 is 0 Å². The van der Waals surface area contributed by atoms with E-state index < -0.39 is 15.2 Å². The first-order chi connectivity index (χ1) is 9.03. The zero-order chi connectivity index (χ0) is 13.9. The molecule has 0 spiro atoms. The van der Waals surface area contributed by atoms with Crippen LogP contribution in [-0.4, -0.2) is 8.42 Å². The lowest BCUT2D eigenvalue weighted by Gasteiger charge is -2.05. The summed E-state index contributed by atoms with van der Waals surface area (Å²) < 4.78 is 24.7. The molecule has 5 heteroatoms. The van der Waals surface area contributed by atoms with Crippen LogP contribution in [0, 0.1) is 13.5 Å². The predicted molar refractivity (Wildman–Crippen MR) is 77.5 cm³/mol. The van der Waals surface area contributed by atoms with Crippen molar-refractivity contribution >= 4 is 21.2 Å². The van der Waals surface area contributed by atoms with E-state index in [-0.39, 0.29) is 5.75 Å². The zero-order valence-electron chi connectivity index (χ0n) is 10.4. The summed E-state index contributed by atoms with van der Waals surface area (Å²) in [5.74, 6) is -0.0994. The molecule has 0 radical (unpaired) electrons. The van der Waals surface area contributed by atoms with Crippen LogP contribution in [0.3, 0.4) is 0 Å². The van der Waals surface area contributed by atoms with E-state index in [4.69, 9.17) is 6.57 Å². The smallest absolute Gasteiger partial charge is 0.290 e. The molecule has 0 aliphatic rings. The van der Waals surface area contributed by atoms with Gasteiger partial charge in [0, 0.05) is 0 Å². The molecule has 0 aliphatic carbocycles. The van der Waals surface area contributed by atoms with E-state index in [1.165, 1.54) is 11.3 Å². The quantitative estimate of drug-likeness (QED) is 0.807. The molecule has 0 amide bonds. The second-order valence-electron chi connectivity index (χ2n) is 4.30. The summed E-state index contributed by atoms with van der Waals surface area (Å²) in [5, 5.41) is 0.775. The standard InChI is InChI=1S/C14H13NO2S2/c1-11-8-13(18-9-11)14(15-2)19(16,17)10-12-6-4-3-5-7-12/h3-9,14H,10H2,1H3. The Morgan fingerprint density at radius 2 is 2.00 bits per heavy atom. The van der Waals surface area contributed by atoms with Crippen LogP contribution in [-0.2, 0) is 15.6 Å². The Morgan fingerprint density at radius 1 is 1.32 bits per heavy atom. The summed E-state index contributed by atoms with van der Waals surface area (Å²) in [5.41, 5.74) is 1.70. The second kappa shape index (κ2) is 5.55. The zero-order valence-corrected chi connectivity index (χ0v) is 12.0. The molecule has 98 valence electrons. The van der Waals surface area contributed by atoms with Crippen molar-refractivity contribution in [3.05, 3.63) is 69.2 Å². The third-order valence-corrected chi connectivity index (χ3v) is 5.69. The van der Waals surface area contributed by atoms with Crippen LogP contribution in [0.25, 0.3) is 4.85 Å². The highest BCUT2D eigenvalue weighted by molar-refractivity contribution is 7.91. The molecule has 3 nitrogen and oxygen atoms in total. The monoisotopic (exact) mass is 291 g/mol. The summed E-state index contributed by atoms with van der Waals surface area (Å²) in [4.78, 5) is 3.91. The maximum absolute atomic E-state index is 12.3. The fraction of sp³-hybridized carbons (Fsp3) is 0.214. The van der Waals surface area contributed by atoms with Gasteiger partial charge in [-0.25, -0.2) is 15.0 Å². The minimum absolute atomic E-state index is 0.0994. The fourth-order valence-corrected chi connectivity index (χ4v) is 4.61. The highest BCUT2D eigenvalue weighted by atomic mass is 32.2. The van der Waals surface area contributed by atoms with Gasteiger partial charge in [0.25, 0.3) is 0 Å². The van der Waals surface area contributed by atoms with Crippen LogP contribution in [0.5, 0.6) is 0 Å². The number of aryl methyl sites for hydroxylation is 1. The molecule has 0 fully saturated rings. The van der Waals surface area contributed by atoms with Gasteiger partial charge in [-0.2, -0.15) is 0 Å². The van der Waals surface area contributed by atoms with Gasteiger partial charge in [-0.1, -0.05) is 30.3 Å². The Morgan fingerprint density at radius 3 is 2.53 bits per heavy atom. The van der Waals surface area contributed by atoms with Crippen LogP contribution >= 0.6 is 11.3 Å². The van der Waals surface area contributed by atoms with Crippen molar-refractivity contribution in [3.63, 3.8) is 0 Å². The molecule has 2 rings (SSSR count). The maximum Gasteiger partial charge on any atom is 0.355 e. The van der Waals surface area contributed by atoms with Crippen molar-refractivity contribution in [1.29, 1.82) is 0 Å². The Balaban J connectivity index is 2.30. The third kappa shape index (κ3) is 3.22. The average molecular weight is 291 g/mol. The van der Waals surface area contributed by atoms with E-state index in [9.17, 15) is 8.42 Å². The molecule has 0 N–H and O–H groups in total. The number of hydrogen-bond donors (Lipinski definition) is 0.